The van der Waals surface area contributed by atoms with Gasteiger partial charge in [-0.3, -0.25) is 0 Å². The van der Waals surface area contributed by atoms with E-state index in [0.717, 1.165) is 44.6 Å². The second kappa shape index (κ2) is 7.67. The van der Waals surface area contributed by atoms with Gasteiger partial charge in [0.25, 0.3) is 0 Å². The molecule has 0 amide bonds. The molecular weight excluding hydrogens is 327 g/mol. The van der Waals surface area contributed by atoms with E-state index in [1.54, 1.807) is 6.07 Å². The lowest BCUT2D eigenvalue weighted by atomic mass is 9.73. The third kappa shape index (κ3) is 4.27. The van der Waals surface area contributed by atoms with Gasteiger partial charge >= 0.3 is 0 Å². The molecule has 23 heavy (non-hydrogen) atoms. The van der Waals surface area contributed by atoms with Crippen LogP contribution in [-0.4, -0.2) is 19.6 Å². The molecule has 2 N–H and O–H groups in total. The van der Waals surface area contributed by atoms with Crippen molar-refractivity contribution in [1.29, 1.82) is 0 Å². The predicted octanol–water partition coefficient (Wildman–Crippen LogP) is 4.40. The van der Waals surface area contributed by atoms with Gasteiger partial charge in [-0.05, 0) is 55.3 Å². The Hall–Kier alpha value is -1.06. The van der Waals surface area contributed by atoms with Crippen molar-refractivity contribution in [2.24, 2.45) is 0 Å². The third-order valence-electron chi connectivity index (χ3n) is 4.66. The van der Waals surface area contributed by atoms with Gasteiger partial charge in [0, 0.05) is 28.5 Å². The summed E-state index contributed by atoms with van der Waals surface area (Å²) in [4.78, 5) is 0. The summed E-state index contributed by atoms with van der Waals surface area (Å²) < 4.78 is 0. The van der Waals surface area contributed by atoms with Crippen LogP contribution in [0, 0.1) is 0 Å². The van der Waals surface area contributed by atoms with Crippen LogP contribution in [0.3, 0.4) is 0 Å². The molecule has 0 bridgehead atoms. The van der Waals surface area contributed by atoms with Crippen LogP contribution < -0.4 is 10.6 Å². The van der Waals surface area contributed by atoms with E-state index in [-0.39, 0.29) is 5.41 Å². The summed E-state index contributed by atoms with van der Waals surface area (Å²) in [6.45, 7) is 3.88. The normalized spacial score (nSPS) is 17.1. The Morgan fingerprint density at radius 2 is 1.61 bits per heavy atom. The molecule has 1 aliphatic heterocycles. The van der Waals surface area contributed by atoms with Crippen molar-refractivity contribution in [1.82, 2.24) is 10.6 Å². The maximum absolute atomic E-state index is 6.08. The monoisotopic (exact) mass is 348 g/mol. The topological polar surface area (TPSA) is 24.1 Å². The molecule has 0 aliphatic carbocycles. The number of rotatable bonds is 5. The molecular formula is C19H22Cl2N2. The van der Waals surface area contributed by atoms with Crippen molar-refractivity contribution >= 4 is 23.2 Å². The van der Waals surface area contributed by atoms with E-state index in [2.05, 4.69) is 41.0 Å². The van der Waals surface area contributed by atoms with Crippen LogP contribution >= 0.6 is 23.2 Å². The molecule has 0 unspecified atom stereocenters. The van der Waals surface area contributed by atoms with E-state index < -0.39 is 0 Å². The third-order valence-corrected chi connectivity index (χ3v) is 5.10. The molecule has 0 spiro atoms. The van der Waals surface area contributed by atoms with Gasteiger partial charge in [0.15, 0.2) is 0 Å². The van der Waals surface area contributed by atoms with Gasteiger partial charge in [0.1, 0.15) is 0 Å². The number of benzene rings is 2. The first-order valence-electron chi connectivity index (χ1n) is 8.10. The quantitative estimate of drug-likeness (QED) is 0.836. The zero-order valence-corrected chi connectivity index (χ0v) is 14.6. The van der Waals surface area contributed by atoms with Crippen molar-refractivity contribution in [3.63, 3.8) is 0 Å². The lowest BCUT2D eigenvalue weighted by molar-refractivity contribution is 0.293. The maximum atomic E-state index is 6.08. The fraction of sp³-hybridized carbons (Fsp3) is 0.368. The van der Waals surface area contributed by atoms with Gasteiger partial charge in [0.2, 0.25) is 0 Å². The van der Waals surface area contributed by atoms with Crippen molar-refractivity contribution in [3.05, 3.63) is 69.7 Å². The van der Waals surface area contributed by atoms with Crippen LogP contribution in [0.2, 0.25) is 10.0 Å². The molecule has 0 radical (unpaired) electrons. The van der Waals surface area contributed by atoms with Crippen LogP contribution in [0.1, 0.15) is 24.0 Å². The highest BCUT2D eigenvalue weighted by Crippen LogP contribution is 2.33. The lowest BCUT2D eigenvalue weighted by Crippen LogP contribution is -2.46. The second-order valence-corrected chi connectivity index (χ2v) is 7.15. The molecule has 0 saturated carbocycles. The molecule has 4 heteroatoms. The Morgan fingerprint density at radius 1 is 0.957 bits per heavy atom. The summed E-state index contributed by atoms with van der Waals surface area (Å²) in [6.07, 6.45) is 2.31. The Labute approximate surface area is 148 Å². The molecule has 1 saturated heterocycles. The average molecular weight is 349 g/mol. The first-order chi connectivity index (χ1) is 11.2. The van der Waals surface area contributed by atoms with E-state index in [1.807, 2.05) is 12.1 Å². The van der Waals surface area contributed by atoms with E-state index in [9.17, 15) is 0 Å². The summed E-state index contributed by atoms with van der Waals surface area (Å²) in [7, 11) is 0. The minimum Gasteiger partial charge on any atom is -0.317 e. The Morgan fingerprint density at radius 3 is 2.26 bits per heavy atom. The van der Waals surface area contributed by atoms with E-state index in [1.165, 1.54) is 5.56 Å². The van der Waals surface area contributed by atoms with Crippen LogP contribution in [0.4, 0.5) is 0 Å². The van der Waals surface area contributed by atoms with E-state index >= 15 is 0 Å². The number of hydrogen-bond donors (Lipinski definition) is 2. The smallest absolute Gasteiger partial charge is 0.0424 e. The van der Waals surface area contributed by atoms with Gasteiger partial charge in [-0.1, -0.05) is 53.5 Å². The Balaban J connectivity index is 1.70. The largest absolute Gasteiger partial charge is 0.317 e. The van der Waals surface area contributed by atoms with Crippen LogP contribution in [0.25, 0.3) is 0 Å². The van der Waals surface area contributed by atoms with Gasteiger partial charge in [0.05, 0.1) is 0 Å². The predicted molar refractivity (Wildman–Crippen MR) is 98.4 cm³/mol. The molecule has 0 atom stereocenters. The van der Waals surface area contributed by atoms with Gasteiger partial charge in [-0.15, -0.1) is 0 Å². The Bertz CT molecular complexity index is 617. The molecule has 0 aromatic heterocycles. The number of halogens is 2. The van der Waals surface area contributed by atoms with E-state index in [4.69, 9.17) is 23.2 Å². The highest BCUT2D eigenvalue weighted by Gasteiger charge is 2.33. The molecule has 2 aromatic rings. The molecule has 3 rings (SSSR count). The van der Waals surface area contributed by atoms with Gasteiger partial charge in [-0.2, -0.15) is 0 Å². The zero-order chi connectivity index (χ0) is 16.1. The van der Waals surface area contributed by atoms with Crippen molar-refractivity contribution < 1.29 is 0 Å². The van der Waals surface area contributed by atoms with Gasteiger partial charge in [-0.25, -0.2) is 0 Å². The average Bonchev–Trinajstić information content (AvgIpc) is 2.56. The second-order valence-electron chi connectivity index (χ2n) is 6.28. The summed E-state index contributed by atoms with van der Waals surface area (Å²) in [5, 5.41) is 8.47. The highest BCUT2D eigenvalue weighted by atomic mass is 35.5. The minimum absolute atomic E-state index is 0.203. The molecule has 1 heterocycles. The van der Waals surface area contributed by atoms with Crippen LogP contribution in [0.5, 0.6) is 0 Å². The van der Waals surface area contributed by atoms with Crippen molar-refractivity contribution in [2.45, 2.75) is 24.8 Å². The van der Waals surface area contributed by atoms with Gasteiger partial charge < -0.3 is 10.6 Å². The Kier molecular flexibility index (Phi) is 5.60. The summed E-state index contributed by atoms with van der Waals surface area (Å²) >= 11 is 12.2. The SMILES string of the molecule is Clc1cc(Cl)cc(CNCC2(c3ccccc3)CCNCC2)c1. The minimum atomic E-state index is 0.203. The lowest BCUT2D eigenvalue weighted by Gasteiger charge is -2.38. The molecule has 122 valence electrons. The number of piperidine rings is 1. The summed E-state index contributed by atoms with van der Waals surface area (Å²) in [5.74, 6) is 0. The molecule has 2 aromatic carbocycles. The summed E-state index contributed by atoms with van der Waals surface area (Å²) in [6, 6.07) is 16.6. The first-order valence-corrected chi connectivity index (χ1v) is 8.86. The maximum Gasteiger partial charge on any atom is 0.0424 e. The standard InChI is InChI=1S/C19H22Cl2N2/c20-17-10-15(11-18(21)12-17)13-23-14-19(6-8-22-9-7-19)16-4-2-1-3-5-16/h1-5,10-12,22-23H,6-9,13-14H2. The highest BCUT2D eigenvalue weighted by molar-refractivity contribution is 6.34. The number of hydrogen-bond acceptors (Lipinski definition) is 2. The summed E-state index contributed by atoms with van der Waals surface area (Å²) in [5.41, 5.74) is 2.76. The fourth-order valence-corrected chi connectivity index (χ4v) is 3.99. The van der Waals surface area contributed by atoms with Crippen LogP contribution in [0.15, 0.2) is 48.5 Å². The van der Waals surface area contributed by atoms with Crippen molar-refractivity contribution in [2.75, 3.05) is 19.6 Å². The number of nitrogens with one attached hydrogen (secondary N) is 2. The molecule has 1 fully saturated rings. The fourth-order valence-electron chi connectivity index (χ4n) is 3.42. The first kappa shape index (κ1) is 16.8. The molecule has 2 nitrogen and oxygen atoms in total. The van der Waals surface area contributed by atoms with Crippen LogP contribution in [-0.2, 0) is 12.0 Å². The zero-order valence-electron chi connectivity index (χ0n) is 13.1. The molecule has 1 aliphatic rings. The van der Waals surface area contributed by atoms with E-state index in [0.29, 0.717) is 10.0 Å². The van der Waals surface area contributed by atoms with Crippen molar-refractivity contribution in [3.8, 4) is 0 Å².